The number of halogens is 4. The monoisotopic (exact) mass is 917 g/mol. The molecule has 0 unspecified atom stereocenters. The van der Waals surface area contributed by atoms with E-state index in [1.54, 1.807) is 102 Å². The molecule has 0 spiro atoms. The van der Waals surface area contributed by atoms with Gasteiger partial charge in [-0.05, 0) is 172 Å². The summed E-state index contributed by atoms with van der Waals surface area (Å²) in [5, 5.41) is 0. The fraction of sp³-hybridized carbons (Fsp3) is 0.613. The summed E-state index contributed by atoms with van der Waals surface area (Å²) in [5.41, 5.74) is 5.17. The van der Waals surface area contributed by atoms with Crippen LogP contribution in [0.2, 0.25) is 0 Å². The Kier molecular flexibility index (Phi) is 19.9. The van der Waals surface area contributed by atoms with Crippen LogP contribution in [0.25, 0.3) is 22.3 Å². The van der Waals surface area contributed by atoms with Gasteiger partial charge in [0, 0.05) is 18.3 Å². The normalized spacial score (nSPS) is 28.9. The van der Waals surface area contributed by atoms with E-state index in [0.29, 0.717) is 33.7 Å². The van der Waals surface area contributed by atoms with Gasteiger partial charge in [0.1, 0.15) is 0 Å². The van der Waals surface area contributed by atoms with Crippen molar-refractivity contribution in [2.24, 2.45) is 53.3 Å². The van der Waals surface area contributed by atoms with Crippen LogP contribution < -0.4 is 0 Å². The lowest BCUT2D eigenvalue weighted by Crippen LogP contribution is -2.24. The molecule has 0 amide bonds. The smallest absolute Gasteiger partial charge is 0.166 e. The topological polar surface area (TPSA) is 0 Å². The van der Waals surface area contributed by atoms with Crippen molar-refractivity contribution in [2.75, 3.05) is 0 Å². The molecule has 5 aliphatic rings. The summed E-state index contributed by atoms with van der Waals surface area (Å²) in [6.45, 7) is 17.1. The average molecular weight is 917 g/mol. The van der Waals surface area contributed by atoms with E-state index >= 15 is 0 Å². The van der Waals surface area contributed by atoms with Crippen molar-refractivity contribution in [1.82, 2.24) is 0 Å². The summed E-state index contributed by atoms with van der Waals surface area (Å²) in [6, 6.07) is 21.8. The minimum absolute atomic E-state index is 0. The van der Waals surface area contributed by atoms with Crippen molar-refractivity contribution in [1.29, 1.82) is 0 Å². The fourth-order valence-corrected chi connectivity index (χ4v) is 12.0. The Hall–Kier alpha value is -3.40. The first-order chi connectivity index (χ1) is 31.7. The van der Waals surface area contributed by atoms with Gasteiger partial charge < -0.3 is 0 Å². The Morgan fingerprint density at radius 1 is 0.318 bits per heavy atom. The number of benzene rings is 4. The standard InChI is InChI=1S/C20H22F2.C14H12F2.2C14H26.5H2/c1-13-3-6-15(7-4-13)16-8-10-17(11-9-16)18-12-5-14(2)19(21)20(18)22;1-9-3-6-11(7-4-9)12-8-5-10(2)13(15)14(12)16;2*1-11-3-7-13(8-4-11)14-9-5-12(2)6-10-14;;;;;/h5,8-13,15H,3-4,6-7H2,1-2H3;3-8H,1-2H3;2*11-14H,3-10H2,1-2H3;5*1H. The van der Waals surface area contributed by atoms with Crippen LogP contribution in [-0.2, 0) is 0 Å². The number of hydrogen-bond acceptors (Lipinski definition) is 0. The first-order valence-electron chi connectivity index (χ1n) is 26.7. The lowest BCUT2D eigenvalue weighted by molar-refractivity contribution is 0.155. The van der Waals surface area contributed by atoms with Crippen LogP contribution in [0.15, 0.2) is 72.8 Å². The minimum Gasteiger partial charge on any atom is -0.203 e. The van der Waals surface area contributed by atoms with Gasteiger partial charge in [-0.3, -0.25) is 0 Å². The van der Waals surface area contributed by atoms with Crippen molar-refractivity contribution in [3.63, 3.8) is 0 Å². The van der Waals surface area contributed by atoms with Crippen molar-refractivity contribution >= 4 is 0 Å². The molecule has 9 rings (SSSR count). The highest BCUT2D eigenvalue weighted by atomic mass is 19.2. The van der Waals surface area contributed by atoms with E-state index in [2.05, 4.69) is 46.8 Å². The van der Waals surface area contributed by atoms with Gasteiger partial charge in [-0.25, -0.2) is 17.6 Å². The summed E-state index contributed by atoms with van der Waals surface area (Å²) < 4.78 is 54.8. The van der Waals surface area contributed by atoms with Crippen molar-refractivity contribution < 1.29 is 24.7 Å². The molecular weight excluding hydrogens is 821 g/mol. The zero-order chi connectivity index (χ0) is 47.3. The van der Waals surface area contributed by atoms with Crippen LogP contribution in [0.1, 0.15) is 198 Å². The summed E-state index contributed by atoms with van der Waals surface area (Å²) in [4.78, 5) is 0. The fourth-order valence-electron chi connectivity index (χ4n) is 12.0. The molecule has 372 valence electrons. The Morgan fingerprint density at radius 2 is 0.591 bits per heavy atom. The van der Waals surface area contributed by atoms with Crippen LogP contribution in [0.5, 0.6) is 0 Å². The van der Waals surface area contributed by atoms with Gasteiger partial charge in [-0.15, -0.1) is 0 Å². The molecule has 5 aliphatic carbocycles. The molecular formula is C62H96F4. The summed E-state index contributed by atoms with van der Waals surface area (Å²) in [6.07, 6.45) is 29.4. The molecule has 0 heterocycles. The summed E-state index contributed by atoms with van der Waals surface area (Å²) in [5.74, 6) is 6.94. The number of rotatable bonds is 5. The van der Waals surface area contributed by atoms with E-state index in [1.165, 1.54) is 82.6 Å². The van der Waals surface area contributed by atoms with Gasteiger partial charge in [0.25, 0.3) is 0 Å². The second-order valence-electron chi connectivity index (χ2n) is 22.6. The third-order valence-electron chi connectivity index (χ3n) is 17.2. The van der Waals surface area contributed by atoms with E-state index in [-0.39, 0.29) is 7.13 Å². The maximum absolute atomic E-state index is 14.1. The lowest BCUT2D eigenvalue weighted by Gasteiger charge is -2.36. The Labute approximate surface area is 407 Å². The zero-order valence-corrected chi connectivity index (χ0v) is 42.4. The predicted molar refractivity (Wildman–Crippen MR) is 283 cm³/mol. The maximum atomic E-state index is 14.1. The van der Waals surface area contributed by atoms with E-state index in [9.17, 15) is 17.6 Å². The van der Waals surface area contributed by atoms with Crippen LogP contribution in [0.3, 0.4) is 0 Å². The molecule has 0 atom stereocenters. The van der Waals surface area contributed by atoms with Gasteiger partial charge in [0.2, 0.25) is 0 Å². The quantitative estimate of drug-likeness (QED) is 0.175. The molecule has 0 saturated heterocycles. The van der Waals surface area contributed by atoms with Crippen LogP contribution in [0.4, 0.5) is 17.6 Å². The van der Waals surface area contributed by atoms with E-state index in [1.807, 2.05) is 31.2 Å². The lowest BCUT2D eigenvalue weighted by atomic mass is 9.70. The Morgan fingerprint density at radius 3 is 0.894 bits per heavy atom. The van der Waals surface area contributed by atoms with Gasteiger partial charge in [0.15, 0.2) is 23.3 Å². The second-order valence-corrected chi connectivity index (χ2v) is 22.6. The van der Waals surface area contributed by atoms with Crippen molar-refractivity contribution in [3.05, 3.63) is 118 Å². The molecule has 0 nitrogen and oxygen atoms in total. The summed E-state index contributed by atoms with van der Waals surface area (Å²) >= 11 is 0. The minimum atomic E-state index is -0.774. The molecule has 4 aromatic carbocycles. The molecule has 5 saturated carbocycles. The largest absolute Gasteiger partial charge is 0.203 e. The van der Waals surface area contributed by atoms with Gasteiger partial charge in [0.05, 0.1) is 0 Å². The second kappa shape index (κ2) is 25.3. The first-order valence-corrected chi connectivity index (χ1v) is 26.7. The molecule has 4 heteroatoms. The number of aryl methyl sites for hydroxylation is 3. The Bertz CT molecular complexity index is 1970. The molecule has 0 radical (unpaired) electrons. The third-order valence-corrected chi connectivity index (χ3v) is 17.2. The molecule has 0 bridgehead atoms. The molecule has 0 N–H and O–H groups in total. The maximum Gasteiger partial charge on any atom is 0.166 e. The van der Waals surface area contributed by atoms with Crippen molar-refractivity contribution in [2.45, 2.75) is 190 Å². The predicted octanol–water partition coefficient (Wildman–Crippen LogP) is 21.0. The molecule has 66 heavy (non-hydrogen) atoms. The molecule has 0 aliphatic heterocycles. The molecule has 0 aromatic heterocycles. The van der Waals surface area contributed by atoms with Crippen LogP contribution in [0, 0.1) is 97.3 Å². The van der Waals surface area contributed by atoms with Crippen molar-refractivity contribution in [3.8, 4) is 22.3 Å². The Balaban J connectivity index is 0.000000470. The highest BCUT2D eigenvalue weighted by Gasteiger charge is 2.30. The molecule has 5 fully saturated rings. The first kappa shape index (κ1) is 52.0. The highest BCUT2D eigenvalue weighted by molar-refractivity contribution is 5.66. The van der Waals surface area contributed by atoms with Crippen LogP contribution >= 0.6 is 0 Å². The zero-order valence-electron chi connectivity index (χ0n) is 42.4. The van der Waals surface area contributed by atoms with Gasteiger partial charge in [-0.1, -0.05) is 177 Å². The number of hydrogen-bond donors (Lipinski definition) is 0. The van der Waals surface area contributed by atoms with Crippen LogP contribution in [-0.4, -0.2) is 0 Å². The van der Waals surface area contributed by atoms with E-state index in [0.717, 1.165) is 64.4 Å². The average Bonchev–Trinajstić information content (AvgIpc) is 3.33. The SMILES string of the molecule is CC1CCC(C2CCC(C)CC2)CC1.CC1CCC(C2CCC(C)CC2)CC1.Cc1ccc(-c2ccc(C)c(F)c2F)cc1.Cc1ccc(-c2ccc(C3CCC(C)CC3)cc2)c(F)c1F.[HH].[HH].[HH].[HH].[HH]. The highest BCUT2D eigenvalue weighted by Crippen LogP contribution is 2.43. The third kappa shape index (κ3) is 14.8. The van der Waals surface area contributed by atoms with Gasteiger partial charge in [-0.2, -0.15) is 0 Å². The molecule has 4 aromatic rings. The summed E-state index contributed by atoms with van der Waals surface area (Å²) in [7, 11) is 0. The van der Waals surface area contributed by atoms with E-state index in [4.69, 9.17) is 0 Å². The van der Waals surface area contributed by atoms with E-state index < -0.39 is 23.3 Å². The van der Waals surface area contributed by atoms with Gasteiger partial charge >= 0.3 is 0 Å².